The van der Waals surface area contributed by atoms with Crippen LogP contribution in [0.1, 0.15) is 19.4 Å². The Morgan fingerprint density at radius 1 is 1.44 bits per heavy atom. The fourth-order valence-corrected chi connectivity index (χ4v) is 1.77. The van der Waals surface area contributed by atoms with Crippen molar-refractivity contribution < 1.29 is 4.74 Å². The molecule has 0 aliphatic carbocycles. The zero-order valence-corrected chi connectivity index (χ0v) is 10.6. The van der Waals surface area contributed by atoms with Gasteiger partial charge in [-0.3, -0.25) is 0 Å². The van der Waals surface area contributed by atoms with Crippen LogP contribution in [0.3, 0.4) is 0 Å². The number of aromatic nitrogens is 4. The molecule has 2 N–H and O–H groups in total. The van der Waals surface area contributed by atoms with Gasteiger partial charge in [0.25, 0.3) is 0 Å². The summed E-state index contributed by atoms with van der Waals surface area (Å²) in [5, 5.41) is 11.8. The van der Waals surface area contributed by atoms with Crippen molar-refractivity contribution in [3.05, 3.63) is 24.3 Å². The van der Waals surface area contributed by atoms with Crippen LogP contribution >= 0.6 is 0 Å². The third-order valence-corrected chi connectivity index (χ3v) is 2.79. The lowest BCUT2D eigenvalue weighted by Gasteiger charge is -2.12. The molecule has 1 aromatic heterocycles. The quantitative estimate of drug-likeness (QED) is 0.810. The number of anilines is 1. The highest BCUT2D eigenvalue weighted by atomic mass is 16.5. The smallest absolute Gasteiger partial charge is 0.182 e. The van der Waals surface area contributed by atoms with E-state index in [0.29, 0.717) is 12.3 Å². The summed E-state index contributed by atoms with van der Waals surface area (Å²) in [5.41, 5.74) is 7.39. The van der Waals surface area contributed by atoms with Gasteiger partial charge in [0, 0.05) is 25.0 Å². The molecule has 0 saturated carbocycles. The Morgan fingerprint density at radius 3 is 3.00 bits per heavy atom. The van der Waals surface area contributed by atoms with Crippen LogP contribution in [0.15, 0.2) is 24.3 Å². The molecule has 2 rings (SSSR count). The number of hydrogen-bond acceptors (Lipinski definition) is 5. The number of methoxy groups -OCH3 is 1. The van der Waals surface area contributed by atoms with Crippen molar-refractivity contribution in [2.75, 3.05) is 19.5 Å². The number of hydrogen-bond donors (Lipinski definition) is 1. The van der Waals surface area contributed by atoms with E-state index in [2.05, 4.69) is 22.4 Å². The van der Waals surface area contributed by atoms with Gasteiger partial charge in [-0.1, -0.05) is 12.1 Å². The van der Waals surface area contributed by atoms with Crippen LogP contribution in [0.5, 0.6) is 0 Å². The molecule has 0 bridgehead atoms. The molecule has 0 spiro atoms. The van der Waals surface area contributed by atoms with Gasteiger partial charge in [-0.25, -0.2) is 4.68 Å². The molecule has 2 aromatic rings. The number of tetrazole rings is 1. The maximum absolute atomic E-state index is 5.77. The summed E-state index contributed by atoms with van der Waals surface area (Å²) in [4.78, 5) is 0. The lowest BCUT2D eigenvalue weighted by molar-refractivity contribution is 0.178. The number of nitrogen functional groups attached to an aromatic ring is 1. The Hall–Kier alpha value is -1.95. The molecule has 1 atom stereocenters. The second kappa shape index (κ2) is 5.59. The number of benzene rings is 1. The van der Waals surface area contributed by atoms with Crippen molar-refractivity contribution in [1.29, 1.82) is 0 Å². The fourth-order valence-electron chi connectivity index (χ4n) is 1.77. The normalized spacial score (nSPS) is 12.6. The fraction of sp³-hybridized carbons (Fsp3) is 0.417. The van der Waals surface area contributed by atoms with Crippen LogP contribution in [-0.4, -0.2) is 33.9 Å². The van der Waals surface area contributed by atoms with E-state index in [1.807, 2.05) is 24.3 Å². The van der Waals surface area contributed by atoms with E-state index < -0.39 is 0 Å². The Kier molecular flexibility index (Phi) is 3.88. The molecule has 0 fully saturated rings. The lowest BCUT2D eigenvalue weighted by Crippen LogP contribution is -2.11. The van der Waals surface area contributed by atoms with E-state index in [9.17, 15) is 0 Å². The predicted octanol–water partition coefficient (Wildman–Crippen LogP) is 1.52. The average molecular weight is 247 g/mol. The van der Waals surface area contributed by atoms with Gasteiger partial charge in [0.15, 0.2) is 5.82 Å². The zero-order valence-electron chi connectivity index (χ0n) is 10.6. The molecule has 0 aliphatic heterocycles. The van der Waals surface area contributed by atoms with Crippen LogP contribution in [0.4, 0.5) is 5.69 Å². The first-order valence-corrected chi connectivity index (χ1v) is 5.85. The number of ether oxygens (including phenoxy) is 1. The predicted molar refractivity (Wildman–Crippen MR) is 68.9 cm³/mol. The largest absolute Gasteiger partial charge is 0.399 e. The molecule has 1 aromatic carbocycles. The minimum atomic E-state index is 0.177. The Labute approximate surface area is 106 Å². The van der Waals surface area contributed by atoms with Gasteiger partial charge < -0.3 is 10.5 Å². The molecule has 1 unspecified atom stereocenters. The number of nitrogens with zero attached hydrogens (tertiary/aromatic N) is 4. The second-order valence-electron chi connectivity index (χ2n) is 4.20. The third-order valence-electron chi connectivity index (χ3n) is 2.79. The van der Waals surface area contributed by atoms with Crippen molar-refractivity contribution in [2.24, 2.45) is 0 Å². The summed E-state index contributed by atoms with van der Waals surface area (Å²) in [6, 6.07) is 7.72. The molecule has 18 heavy (non-hydrogen) atoms. The van der Waals surface area contributed by atoms with Gasteiger partial charge in [0.2, 0.25) is 0 Å². The van der Waals surface area contributed by atoms with E-state index in [4.69, 9.17) is 10.5 Å². The zero-order chi connectivity index (χ0) is 13.0. The molecule has 6 nitrogen and oxygen atoms in total. The molecular formula is C12H17N5O. The standard InChI is InChI=1S/C12H17N5O/c1-9(6-7-18-2)17-12(14-15-16-17)10-4-3-5-11(13)8-10/h3-5,8-9H,6-7,13H2,1-2H3. The molecule has 96 valence electrons. The van der Waals surface area contributed by atoms with Crippen LogP contribution in [-0.2, 0) is 4.74 Å². The first-order valence-electron chi connectivity index (χ1n) is 5.85. The highest BCUT2D eigenvalue weighted by Gasteiger charge is 2.14. The van der Waals surface area contributed by atoms with Gasteiger partial charge in [0.1, 0.15) is 0 Å². The van der Waals surface area contributed by atoms with E-state index in [1.54, 1.807) is 11.8 Å². The van der Waals surface area contributed by atoms with E-state index in [0.717, 1.165) is 17.8 Å². The minimum absolute atomic E-state index is 0.177. The van der Waals surface area contributed by atoms with Crippen molar-refractivity contribution in [1.82, 2.24) is 20.2 Å². The van der Waals surface area contributed by atoms with Crippen LogP contribution in [0, 0.1) is 0 Å². The monoisotopic (exact) mass is 247 g/mol. The molecule has 0 saturated heterocycles. The van der Waals surface area contributed by atoms with Crippen molar-refractivity contribution >= 4 is 5.69 Å². The highest BCUT2D eigenvalue weighted by molar-refractivity contribution is 5.60. The maximum Gasteiger partial charge on any atom is 0.182 e. The SMILES string of the molecule is COCCC(C)n1nnnc1-c1cccc(N)c1. The molecule has 0 amide bonds. The van der Waals surface area contributed by atoms with E-state index in [-0.39, 0.29) is 6.04 Å². The van der Waals surface area contributed by atoms with Crippen molar-refractivity contribution in [3.8, 4) is 11.4 Å². The van der Waals surface area contributed by atoms with Crippen molar-refractivity contribution in [3.63, 3.8) is 0 Å². The number of nitrogens with two attached hydrogens (primary N) is 1. The Bertz CT molecular complexity index is 511. The van der Waals surface area contributed by atoms with E-state index in [1.165, 1.54) is 0 Å². The first-order chi connectivity index (χ1) is 8.72. The van der Waals surface area contributed by atoms with Crippen molar-refractivity contribution in [2.45, 2.75) is 19.4 Å². The second-order valence-corrected chi connectivity index (χ2v) is 4.20. The Morgan fingerprint density at radius 2 is 2.28 bits per heavy atom. The van der Waals surface area contributed by atoms with Gasteiger partial charge in [0.05, 0.1) is 6.04 Å². The third kappa shape index (κ3) is 2.65. The average Bonchev–Trinajstić information content (AvgIpc) is 2.85. The maximum atomic E-state index is 5.77. The molecule has 0 aliphatic rings. The molecular weight excluding hydrogens is 230 g/mol. The lowest BCUT2D eigenvalue weighted by atomic mass is 10.1. The molecule has 0 radical (unpaired) electrons. The summed E-state index contributed by atoms with van der Waals surface area (Å²) >= 11 is 0. The van der Waals surface area contributed by atoms with Crippen LogP contribution in [0.2, 0.25) is 0 Å². The summed E-state index contributed by atoms with van der Waals surface area (Å²) in [6.07, 6.45) is 0.858. The van der Waals surface area contributed by atoms with Crippen LogP contribution in [0.25, 0.3) is 11.4 Å². The first kappa shape index (κ1) is 12.5. The summed E-state index contributed by atoms with van der Waals surface area (Å²) in [7, 11) is 1.69. The van der Waals surface area contributed by atoms with Gasteiger partial charge in [-0.15, -0.1) is 5.10 Å². The highest BCUT2D eigenvalue weighted by Crippen LogP contribution is 2.22. The summed E-state index contributed by atoms with van der Waals surface area (Å²) in [6.45, 7) is 2.74. The summed E-state index contributed by atoms with van der Waals surface area (Å²) < 4.78 is 6.87. The minimum Gasteiger partial charge on any atom is -0.399 e. The van der Waals surface area contributed by atoms with Gasteiger partial charge in [-0.05, 0) is 35.9 Å². The van der Waals surface area contributed by atoms with Gasteiger partial charge >= 0.3 is 0 Å². The number of rotatable bonds is 5. The topological polar surface area (TPSA) is 78.8 Å². The molecule has 6 heteroatoms. The van der Waals surface area contributed by atoms with E-state index >= 15 is 0 Å². The summed E-state index contributed by atoms with van der Waals surface area (Å²) in [5.74, 6) is 0.728. The van der Waals surface area contributed by atoms with Gasteiger partial charge in [-0.2, -0.15) is 0 Å². The Balaban J connectivity index is 2.27. The molecule has 1 heterocycles. The van der Waals surface area contributed by atoms with Crippen LogP contribution < -0.4 is 5.73 Å².